The highest BCUT2D eigenvalue weighted by Crippen LogP contribution is 2.33. The summed E-state index contributed by atoms with van der Waals surface area (Å²) in [5.41, 5.74) is 7.27. The van der Waals surface area contributed by atoms with Crippen LogP contribution in [0.5, 0.6) is 0 Å². The molecule has 0 saturated heterocycles. The Kier molecular flexibility index (Phi) is 4.46. The molecule has 0 radical (unpaired) electrons. The third-order valence-corrected chi connectivity index (χ3v) is 6.80. The Labute approximate surface area is 202 Å². The molecule has 9 nitrogen and oxygen atoms in total. The lowest BCUT2D eigenvalue weighted by molar-refractivity contribution is -0.117. The maximum atomic E-state index is 12.2. The van der Waals surface area contributed by atoms with Gasteiger partial charge in [-0.15, -0.1) is 0 Å². The number of fused-ring (bicyclic) bond motifs is 2. The summed E-state index contributed by atoms with van der Waals surface area (Å²) in [6, 6.07) is 7.80. The first-order valence-electron chi connectivity index (χ1n) is 11.2. The van der Waals surface area contributed by atoms with Crippen molar-refractivity contribution in [1.82, 2.24) is 35.1 Å². The van der Waals surface area contributed by atoms with Gasteiger partial charge in [-0.1, -0.05) is 0 Å². The standard InChI is InChI=1S/C25H18N8OS/c34-25(13-1-2-13)29-16-7-15(9-26-10-16)19-8-17-20(11-28-19)32-33-22(17)24-30-18-3-5-27-21(23(18)31-24)14-4-6-35-12-14/h3-13H,1-2H2,(H,29,34)(H,30,31)(H,32,33). The average Bonchev–Trinajstić information content (AvgIpc) is 3.26. The molecule has 1 aliphatic rings. The molecule has 3 N–H and O–H groups in total. The summed E-state index contributed by atoms with van der Waals surface area (Å²) in [7, 11) is 0. The van der Waals surface area contributed by atoms with Gasteiger partial charge >= 0.3 is 0 Å². The Morgan fingerprint density at radius 2 is 1.97 bits per heavy atom. The fourth-order valence-electron chi connectivity index (χ4n) is 4.15. The largest absolute Gasteiger partial charge is 0.336 e. The van der Waals surface area contributed by atoms with Gasteiger partial charge in [-0.25, -0.2) is 4.98 Å². The van der Waals surface area contributed by atoms with Crippen molar-refractivity contribution in [3.8, 4) is 34.0 Å². The van der Waals surface area contributed by atoms with Crippen molar-refractivity contribution in [2.45, 2.75) is 12.8 Å². The molecule has 1 fully saturated rings. The molecule has 1 aliphatic carbocycles. The Hall–Kier alpha value is -4.44. The third kappa shape index (κ3) is 3.55. The normalized spacial score (nSPS) is 13.5. The van der Waals surface area contributed by atoms with E-state index in [0.717, 1.165) is 57.3 Å². The van der Waals surface area contributed by atoms with Crippen molar-refractivity contribution >= 4 is 44.9 Å². The first-order chi connectivity index (χ1) is 17.2. The lowest BCUT2D eigenvalue weighted by Crippen LogP contribution is -2.13. The maximum absolute atomic E-state index is 12.2. The van der Waals surface area contributed by atoms with Gasteiger partial charge in [0.1, 0.15) is 11.2 Å². The van der Waals surface area contributed by atoms with Crippen LogP contribution in [0, 0.1) is 5.92 Å². The zero-order valence-electron chi connectivity index (χ0n) is 18.3. The summed E-state index contributed by atoms with van der Waals surface area (Å²) < 4.78 is 0. The van der Waals surface area contributed by atoms with Crippen molar-refractivity contribution in [2.75, 3.05) is 5.32 Å². The van der Waals surface area contributed by atoms with Crippen molar-refractivity contribution < 1.29 is 4.79 Å². The van der Waals surface area contributed by atoms with Crippen LogP contribution in [0.3, 0.4) is 0 Å². The Morgan fingerprint density at radius 3 is 2.83 bits per heavy atom. The summed E-state index contributed by atoms with van der Waals surface area (Å²) in [5.74, 6) is 0.822. The fraction of sp³-hybridized carbons (Fsp3) is 0.120. The second-order valence-electron chi connectivity index (χ2n) is 8.57. The lowest BCUT2D eigenvalue weighted by atomic mass is 10.1. The van der Waals surface area contributed by atoms with Crippen LogP contribution in [-0.4, -0.2) is 41.0 Å². The molecule has 0 aromatic carbocycles. The van der Waals surface area contributed by atoms with E-state index in [1.54, 1.807) is 36.1 Å². The molecule has 7 rings (SSSR count). The Balaban J connectivity index is 1.29. The highest BCUT2D eigenvalue weighted by Gasteiger charge is 2.29. The Bertz CT molecular complexity index is 1710. The molecule has 1 saturated carbocycles. The molecule has 10 heteroatoms. The van der Waals surface area contributed by atoms with E-state index < -0.39 is 0 Å². The maximum Gasteiger partial charge on any atom is 0.227 e. The SMILES string of the molecule is O=C(Nc1cncc(-c2cc3c(-c4nc5c(-c6ccsc6)nccc5[nH]4)n[nH]c3cn2)c1)C1CC1. The number of carbonyl (C=O) groups is 1. The molecule has 0 bridgehead atoms. The van der Waals surface area contributed by atoms with Gasteiger partial charge in [-0.3, -0.25) is 24.8 Å². The number of hydrogen-bond acceptors (Lipinski definition) is 7. The third-order valence-electron chi connectivity index (χ3n) is 6.12. The molecule has 35 heavy (non-hydrogen) atoms. The van der Waals surface area contributed by atoms with Crippen molar-refractivity contribution in [3.63, 3.8) is 0 Å². The highest BCUT2D eigenvalue weighted by atomic mass is 32.1. The van der Waals surface area contributed by atoms with E-state index in [9.17, 15) is 4.79 Å². The number of nitrogens with one attached hydrogen (secondary N) is 3. The zero-order valence-corrected chi connectivity index (χ0v) is 19.1. The van der Waals surface area contributed by atoms with E-state index in [1.807, 2.05) is 29.6 Å². The molecule has 6 heterocycles. The van der Waals surface area contributed by atoms with Crippen LogP contribution in [0.25, 0.3) is 56.0 Å². The minimum atomic E-state index is 0.0469. The predicted octanol–water partition coefficient (Wildman–Crippen LogP) is 5.04. The second kappa shape index (κ2) is 7.81. The molecular weight excluding hydrogens is 460 g/mol. The van der Waals surface area contributed by atoms with Crippen molar-refractivity contribution in [2.24, 2.45) is 5.92 Å². The molecule has 0 atom stereocenters. The number of carbonyl (C=O) groups excluding carboxylic acids is 1. The number of aromatic nitrogens is 7. The molecular formula is C25H18N8OS. The lowest BCUT2D eigenvalue weighted by Gasteiger charge is -2.06. The van der Waals surface area contributed by atoms with Gasteiger partial charge in [-0.2, -0.15) is 16.4 Å². The van der Waals surface area contributed by atoms with E-state index in [1.165, 1.54) is 0 Å². The van der Waals surface area contributed by atoms with Gasteiger partial charge in [0, 0.05) is 40.2 Å². The van der Waals surface area contributed by atoms with Crippen LogP contribution in [0.2, 0.25) is 0 Å². The smallest absolute Gasteiger partial charge is 0.227 e. The molecule has 6 aromatic heterocycles. The highest BCUT2D eigenvalue weighted by molar-refractivity contribution is 7.08. The first-order valence-corrected chi connectivity index (χ1v) is 12.2. The van der Waals surface area contributed by atoms with Crippen LogP contribution in [-0.2, 0) is 4.79 Å². The van der Waals surface area contributed by atoms with Crippen LogP contribution in [0.15, 0.2) is 59.8 Å². The topological polar surface area (TPSA) is 125 Å². The van der Waals surface area contributed by atoms with Crippen molar-refractivity contribution in [3.05, 3.63) is 59.8 Å². The van der Waals surface area contributed by atoms with E-state index in [2.05, 4.69) is 40.8 Å². The van der Waals surface area contributed by atoms with Gasteiger partial charge in [-0.05, 0) is 42.5 Å². The number of nitrogens with zero attached hydrogens (tertiary/aromatic N) is 5. The average molecular weight is 479 g/mol. The molecule has 6 aromatic rings. The molecule has 0 spiro atoms. The summed E-state index contributed by atoms with van der Waals surface area (Å²) >= 11 is 1.63. The Morgan fingerprint density at radius 1 is 1.03 bits per heavy atom. The molecule has 170 valence electrons. The number of thiophene rings is 1. The number of H-pyrrole nitrogens is 2. The number of hydrogen-bond donors (Lipinski definition) is 3. The first kappa shape index (κ1) is 20.0. The van der Waals surface area contributed by atoms with Crippen LogP contribution >= 0.6 is 11.3 Å². The predicted molar refractivity (Wildman–Crippen MR) is 135 cm³/mol. The fourth-order valence-corrected chi connectivity index (χ4v) is 4.79. The van der Waals surface area contributed by atoms with Gasteiger partial charge in [0.2, 0.25) is 5.91 Å². The van der Waals surface area contributed by atoms with Crippen LogP contribution < -0.4 is 5.32 Å². The van der Waals surface area contributed by atoms with E-state index in [0.29, 0.717) is 17.2 Å². The number of aromatic amines is 2. The van der Waals surface area contributed by atoms with Crippen LogP contribution in [0.1, 0.15) is 12.8 Å². The van der Waals surface area contributed by atoms with Gasteiger partial charge in [0.05, 0.1) is 40.5 Å². The van der Waals surface area contributed by atoms with Gasteiger partial charge in [0.25, 0.3) is 0 Å². The van der Waals surface area contributed by atoms with E-state index in [4.69, 9.17) is 4.98 Å². The summed E-state index contributed by atoms with van der Waals surface area (Å²) in [6.45, 7) is 0. The number of pyridine rings is 3. The van der Waals surface area contributed by atoms with Gasteiger partial charge < -0.3 is 10.3 Å². The number of rotatable bonds is 5. The summed E-state index contributed by atoms with van der Waals surface area (Å²) in [5, 5.41) is 15.5. The summed E-state index contributed by atoms with van der Waals surface area (Å²) in [6.07, 6.45) is 8.82. The molecule has 0 unspecified atom stereocenters. The zero-order chi connectivity index (χ0) is 23.4. The van der Waals surface area contributed by atoms with E-state index >= 15 is 0 Å². The number of imidazole rings is 1. The molecule has 0 aliphatic heterocycles. The number of amides is 1. The van der Waals surface area contributed by atoms with E-state index in [-0.39, 0.29) is 11.8 Å². The molecule has 1 amide bonds. The second-order valence-corrected chi connectivity index (χ2v) is 9.35. The summed E-state index contributed by atoms with van der Waals surface area (Å²) in [4.78, 5) is 33.8. The quantitative estimate of drug-likeness (QED) is 0.319. The van der Waals surface area contributed by atoms with Crippen molar-refractivity contribution in [1.29, 1.82) is 0 Å². The monoisotopic (exact) mass is 478 g/mol. The number of anilines is 1. The minimum Gasteiger partial charge on any atom is -0.336 e. The van der Waals surface area contributed by atoms with Gasteiger partial charge in [0.15, 0.2) is 5.82 Å². The minimum absolute atomic E-state index is 0.0469. The van der Waals surface area contributed by atoms with Crippen LogP contribution in [0.4, 0.5) is 5.69 Å².